The Kier molecular flexibility index (Phi) is 6.21. The quantitative estimate of drug-likeness (QED) is 0.774. The van der Waals surface area contributed by atoms with Crippen molar-refractivity contribution in [1.82, 2.24) is 15.5 Å². The van der Waals surface area contributed by atoms with E-state index in [1.807, 2.05) is 43.5 Å². The molecule has 6 nitrogen and oxygen atoms in total. The molecule has 7 heteroatoms. The molecule has 140 valence electrons. The number of likely N-dealkylation sites (tertiary alicyclic amines) is 1. The number of benzene rings is 1. The molecule has 0 radical (unpaired) electrons. The molecule has 1 aromatic heterocycles. The van der Waals surface area contributed by atoms with Gasteiger partial charge in [0.15, 0.2) is 0 Å². The van der Waals surface area contributed by atoms with Crippen LogP contribution in [0.25, 0.3) is 11.0 Å². The first-order valence-corrected chi connectivity index (χ1v) is 10.3. The molecule has 0 spiro atoms. The van der Waals surface area contributed by atoms with Crippen molar-refractivity contribution in [3.63, 3.8) is 0 Å². The van der Waals surface area contributed by atoms with Crippen molar-refractivity contribution in [3.8, 4) is 0 Å². The van der Waals surface area contributed by atoms with E-state index < -0.39 is 0 Å². The van der Waals surface area contributed by atoms with Crippen LogP contribution in [0.1, 0.15) is 19.1 Å². The largest absolute Gasteiger partial charge is 0.460 e. The summed E-state index contributed by atoms with van der Waals surface area (Å²) in [6.07, 6.45) is 2.52. The van der Waals surface area contributed by atoms with Crippen molar-refractivity contribution in [1.29, 1.82) is 0 Å². The zero-order valence-electron chi connectivity index (χ0n) is 15.2. The Morgan fingerprint density at radius 3 is 2.88 bits per heavy atom. The van der Waals surface area contributed by atoms with E-state index in [1.165, 1.54) is 11.8 Å². The molecule has 1 fully saturated rings. The maximum atomic E-state index is 12.5. The Labute approximate surface area is 157 Å². The van der Waals surface area contributed by atoms with E-state index in [2.05, 4.69) is 15.5 Å². The normalized spacial score (nSPS) is 20.4. The Hall–Kier alpha value is -1.99. The van der Waals surface area contributed by atoms with Gasteiger partial charge in [-0.25, -0.2) is 0 Å². The summed E-state index contributed by atoms with van der Waals surface area (Å²) in [5, 5.41) is 6.99. The average molecular weight is 375 g/mol. The zero-order valence-corrected chi connectivity index (χ0v) is 16.0. The molecule has 0 saturated carbocycles. The van der Waals surface area contributed by atoms with Gasteiger partial charge in [0.1, 0.15) is 11.3 Å². The second-order valence-electron chi connectivity index (χ2n) is 6.52. The number of likely N-dealkylation sites (N-methyl/N-ethyl adjacent to an activating group) is 1. The summed E-state index contributed by atoms with van der Waals surface area (Å²) < 4.78 is 5.91. The van der Waals surface area contributed by atoms with Gasteiger partial charge in [0.25, 0.3) is 0 Å². The predicted octanol–water partition coefficient (Wildman–Crippen LogP) is 1.99. The highest BCUT2D eigenvalue weighted by Crippen LogP contribution is 2.25. The van der Waals surface area contributed by atoms with E-state index in [0.29, 0.717) is 31.8 Å². The summed E-state index contributed by atoms with van der Waals surface area (Å²) in [5.74, 6) is 1.29. The van der Waals surface area contributed by atoms with Crippen molar-refractivity contribution in [2.24, 2.45) is 0 Å². The number of nitrogens with one attached hydrogen (secondary N) is 2. The lowest BCUT2D eigenvalue weighted by Crippen LogP contribution is -2.42. The van der Waals surface area contributed by atoms with Gasteiger partial charge >= 0.3 is 0 Å². The van der Waals surface area contributed by atoms with E-state index in [1.54, 1.807) is 0 Å². The van der Waals surface area contributed by atoms with Gasteiger partial charge in [0.2, 0.25) is 11.8 Å². The van der Waals surface area contributed by atoms with Crippen LogP contribution in [-0.4, -0.2) is 53.9 Å². The van der Waals surface area contributed by atoms with Gasteiger partial charge in [0, 0.05) is 24.5 Å². The molecular weight excluding hydrogens is 350 g/mol. The smallest absolute Gasteiger partial charge is 0.237 e. The standard InChI is InChI=1S/C19H25N3O3S/c1-3-20-19(24)16-9-14(21-18(23)12-26-2)10-22(16)11-15-8-13-6-4-5-7-17(13)25-15/h4-8,14,16H,3,9-12H2,1-2H3,(H,20,24)(H,21,23)/t14-,16-/m0/s1. The Balaban J connectivity index is 1.72. The lowest BCUT2D eigenvalue weighted by atomic mass is 10.1. The van der Waals surface area contributed by atoms with E-state index in [-0.39, 0.29) is 23.9 Å². The molecule has 1 aliphatic heterocycles. The highest BCUT2D eigenvalue weighted by atomic mass is 32.2. The summed E-state index contributed by atoms with van der Waals surface area (Å²) >= 11 is 1.49. The molecule has 0 bridgehead atoms. The molecule has 2 amide bonds. The third-order valence-corrected chi connectivity index (χ3v) is 5.08. The average Bonchev–Trinajstić information content (AvgIpc) is 3.18. The van der Waals surface area contributed by atoms with Gasteiger partial charge in [-0.3, -0.25) is 14.5 Å². The van der Waals surface area contributed by atoms with Crippen LogP contribution in [0.5, 0.6) is 0 Å². The second kappa shape index (κ2) is 8.60. The Bertz CT molecular complexity index is 743. The monoisotopic (exact) mass is 375 g/mol. The van der Waals surface area contributed by atoms with Gasteiger partial charge in [-0.1, -0.05) is 18.2 Å². The topological polar surface area (TPSA) is 74.6 Å². The number of thioether (sulfide) groups is 1. The Morgan fingerprint density at radius 2 is 2.15 bits per heavy atom. The highest BCUT2D eigenvalue weighted by Gasteiger charge is 2.37. The van der Waals surface area contributed by atoms with Crippen LogP contribution in [0, 0.1) is 0 Å². The summed E-state index contributed by atoms with van der Waals surface area (Å²) in [7, 11) is 0. The number of para-hydroxylation sites is 1. The minimum absolute atomic E-state index is 0.00484. The number of hydrogen-bond acceptors (Lipinski definition) is 5. The second-order valence-corrected chi connectivity index (χ2v) is 7.39. The molecule has 26 heavy (non-hydrogen) atoms. The first-order chi connectivity index (χ1) is 12.6. The third-order valence-electron chi connectivity index (χ3n) is 4.53. The molecule has 3 rings (SSSR count). The molecule has 2 N–H and O–H groups in total. The van der Waals surface area contributed by atoms with E-state index >= 15 is 0 Å². The number of carbonyl (C=O) groups excluding carboxylic acids is 2. The van der Waals surface area contributed by atoms with Gasteiger partial charge in [0.05, 0.1) is 18.3 Å². The van der Waals surface area contributed by atoms with Crippen LogP contribution in [0.15, 0.2) is 34.7 Å². The van der Waals surface area contributed by atoms with Crippen LogP contribution in [0.4, 0.5) is 0 Å². The van der Waals surface area contributed by atoms with E-state index in [9.17, 15) is 9.59 Å². The van der Waals surface area contributed by atoms with Crippen molar-refractivity contribution >= 4 is 34.5 Å². The van der Waals surface area contributed by atoms with Gasteiger partial charge < -0.3 is 15.1 Å². The molecule has 1 aromatic carbocycles. The predicted molar refractivity (Wildman–Crippen MR) is 104 cm³/mol. The van der Waals surface area contributed by atoms with Crippen LogP contribution < -0.4 is 10.6 Å². The molecule has 2 atom stereocenters. The number of carbonyl (C=O) groups is 2. The fourth-order valence-corrected chi connectivity index (χ4v) is 3.81. The zero-order chi connectivity index (χ0) is 18.5. The maximum absolute atomic E-state index is 12.5. The number of amides is 2. The molecule has 1 aliphatic rings. The minimum Gasteiger partial charge on any atom is -0.460 e. The fourth-order valence-electron chi connectivity index (χ4n) is 3.46. The maximum Gasteiger partial charge on any atom is 0.237 e. The molecule has 1 saturated heterocycles. The highest BCUT2D eigenvalue weighted by molar-refractivity contribution is 7.99. The lowest BCUT2D eigenvalue weighted by molar-refractivity contribution is -0.125. The summed E-state index contributed by atoms with van der Waals surface area (Å²) in [6.45, 7) is 3.69. The van der Waals surface area contributed by atoms with E-state index in [0.717, 1.165) is 16.7 Å². The third kappa shape index (κ3) is 4.40. The lowest BCUT2D eigenvalue weighted by Gasteiger charge is -2.22. The van der Waals surface area contributed by atoms with Crippen molar-refractivity contribution in [3.05, 3.63) is 36.1 Å². The van der Waals surface area contributed by atoms with Crippen molar-refractivity contribution in [2.45, 2.75) is 32.0 Å². The molecular formula is C19H25N3O3S. The summed E-state index contributed by atoms with van der Waals surface area (Å²) in [5.41, 5.74) is 0.848. The first-order valence-electron chi connectivity index (χ1n) is 8.88. The number of fused-ring (bicyclic) bond motifs is 1. The van der Waals surface area contributed by atoms with Gasteiger partial charge in [-0.2, -0.15) is 11.8 Å². The van der Waals surface area contributed by atoms with Crippen LogP contribution >= 0.6 is 11.8 Å². The fraction of sp³-hybridized carbons (Fsp3) is 0.474. The Morgan fingerprint density at radius 1 is 1.35 bits per heavy atom. The van der Waals surface area contributed by atoms with Crippen LogP contribution in [0.3, 0.4) is 0 Å². The number of hydrogen-bond donors (Lipinski definition) is 2. The van der Waals surface area contributed by atoms with Gasteiger partial charge in [-0.05, 0) is 31.7 Å². The SMILES string of the molecule is CCNC(=O)[C@@H]1C[C@H](NC(=O)CSC)CN1Cc1cc2ccccc2o1. The minimum atomic E-state index is -0.261. The van der Waals surface area contributed by atoms with E-state index in [4.69, 9.17) is 4.42 Å². The molecule has 2 aromatic rings. The summed E-state index contributed by atoms with van der Waals surface area (Å²) in [6, 6.07) is 9.61. The number of rotatable bonds is 7. The van der Waals surface area contributed by atoms with Crippen molar-refractivity contribution < 1.29 is 14.0 Å². The van der Waals surface area contributed by atoms with Gasteiger partial charge in [-0.15, -0.1) is 0 Å². The molecule has 0 unspecified atom stereocenters. The first kappa shape index (κ1) is 18.8. The summed E-state index contributed by atoms with van der Waals surface area (Å²) in [4.78, 5) is 26.5. The number of nitrogens with zero attached hydrogens (tertiary/aromatic N) is 1. The number of furan rings is 1. The van der Waals surface area contributed by atoms with Crippen LogP contribution in [0.2, 0.25) is 0 Å². The molecule has 2 heterocycles. The van der Waals surface area contributed by atoms with Crippen molar-refractivity contribution in [2.75, 3.05) is 25.1 Å². The molecule has 0 aliphatic carbocycles. The van der Waals surface area contributed by atoms with Crippen LogP contribution in [-0.2, 0) is 16.1 Å².